The first-order valence-electron chi connectivity index (χ1n) is 6.25. The van der Waals surface area contributed by atoms with E-state index >= 15 is 0 Å². The van der Waals surface area contributed by atoms with E-state index < -0.39 is 11.6 Å². The van der Waals surface area contributed by atoms with Gasteiger partial charge in [-0.1, -0.05) is 18.2 Å². The van der Waals surface area contributed by atoms with E-state index in [2.05, 4.69) is 21.2 Å². The molecule has 1 unspecified atom stereocenters. The summed E-state index contributed by atoms with van der Waals surface area (Å²) in [7, 11) is 0. The maximum absolute atomic E-state index is 13.7. The number of ether oxygens (including phenoxy) is 1. The molecule has 1 aliphatic rings. The van der Waals surface area contributed by atoms with E-state index in [1.54, 1.807) is 0 Å². The van der Waals surface area contributed by atoms with Crippen LogP contribution < -0.4 is 10.1 Å². The first-order chi connectivity index (χ1) is 9.65. The van der Waals surface area contributed by atoms with Crippen molar-refractivity contribution in [2.24, 2.45) is 0 Å². The Bertz CT molecular complexity index is 625. The summed E-state index contributed by atoms with van der Waals surface area (Å²) in [5.41, 5.74) is 1.38. The lowest BCUT2D eigenvalue weighted by molar-refractivity contribution is 0.334. The van der Waals surface area contributed by atoms with Gasteiger partial charge in [0, 0.05) is 28.6 Å². The Morgan fingerprint density at radius 3 is 2.85 bits per heavy atom. The molecular weight excluding hydrogens is 328 g/mol. The Balaban J connectivity index is 1.76. The average Bonchev–Trinajstić information content (AvgIpc) is 2.81. The highest BCUT2D eigenvalue weighted by atomic mass is 79.9. The third-order valence-corrected chi connectivity index (χ3v) is 3.96. The molecule has 5 heteroatoms. The molecule has 2 nitrogen and oxygen atoms in total. The molecule has 1 N–H and O–H groups in total. The standard InChI is InChI=1S/C15H12BrF2NO/c16-12-5-10(17)6-13(18)15(12)19-7-9-8-20-14-4-2-1-3-11(9)14/h1-6,9,19H,7-8H2. The largest absolute Gasteiger partial charge is 0.493 e. The van der Waals surface area contributed by atoms with Crippen LogP contribution in [0.5, 0.6) is 5.75 Å². The highest BCUT2D eigenvalue weighted by Crippen LogP contribution is 2.34. The maximum Gasteiger partial charge on any atom is 0.150 e. The fourth-order valence-corrected chi connectivity index (χ4v) is 2.88. The summed E-state index contributed by atoms with van der Waals surface area (Å²) in [6.45, 7) is 1.09. The smallest absolute Gasteiger partial charge is 0.150 e. The molecule has 0 fully saturated rings. The fraction of sp³-hybridized carbons (Fsp3) is 0.200. The number of fused-ring (bicyclic) bond motifs is 1. The topological polar surface area (TPSA) is 21.3 Å². The fourth-order valence-electron chi connectivity index (χ4n) is 2.33. The number of rotatable bonds is 3. The molecule has 0 saturated carbocycles. The minimum atomic E-state index is -0.607. The van der Waals surface area contributed by atoms with Crippen LogP contribution in [0.3, 0.4) is 0 Å². The van der Waals surface area contributed by atoms with Crippen LogP contribution in [0.15, 0.2) is 40.9 Å². The summed E-state index contributed by atoms with van der Waals surface area (Å²) in [6.07, 6.45) is 0. The van der Waals surface area contributed by atoms with Gasteiger partial charge in [0.1, 0.15) is 17.4 Å². The number of para-hydroxylation sites is 1. The third-order valence-electron chi connectivity index (χ3n) is 3.33. The van der Waals surface area contributed by atoms with E-state index in [0.29, 0.717) is 17.6 Å². The average molecular weight is 340 g/mol. The molecule has 2 aromatic rings. The minimum absolute atomic E-state index is 0.155. The van der Waals surface area contributed by atoms with E-state index in [1.807, 2.05) is 24.3 Å². The summed E-state index contributed by atoms with van der Waals surface area (Å²) in [4.78, 5) is 0. The quantitative estimate of drug-likeness (QED) is 0.899. The Labute approximate surface area is 123 Å². The number of hydrogen-bond acceptors (Lipinski definition) is 2. The SMILES string of the molecule is Fc1cc(F)c(NCC2COc3ccccc32)c(Br)c1. The predicted octanol–water partition coefficient (Wildman–Crippen LogP) is 4.32. The molecule has 0 amide bonds. The van der Waals surface area contributed by atoms with Crippen LogP contribution in [-0.4, -0.2) is 13.2 Å². The molecule has 0 aromatic heterocycles. The molecule has 0 saturated heterocycles. The van der Waals surface area contributed by atoms with E-state index in [-0.39, 0.29) is 11.6 Å². The van der Waals surface area contributed by atoms with Crippen molar-refractivity contribution in [3.05, 3.63) is 58.1 Å². The Kier molecular flexibility index (Phi) is 3.61. The Morgan fingerprint density at radius 1 is 1.25 bits per heavy atom. The van der Waals surface area contributed by atoms with Crippen molar-refractivity contribution >= 4 is 21.6 Å². The number of nitrogens with one attached hydrogen (secondary N) is 1. The Hall–Kier alpha value is -1.62. The van der Waals surface area contributed by atoms with Gasteiger partial charge in [0.05, 0.1) is 12.3 Å². The lowest BCUT2D eigenvalue weighted by Gasteiger charge is -2.13. The second-order valence-corrected chi connectivity index (χ2v) is 5.53. The monoisotopic (exact) mass is 339 g/mol. The summed E-state index contributed by atoms with van der Waals surface area (Å²) in [6, 6.07) is 9.91. The second kappa shape index (κ2) is 5.40. The zero-order valence-corrected chi connectivity index (χ0v) is 12.1. The zero-order chi connectivity index (χ0) is 14.1. The predicted molar refractivity (Wildman–Crippen MR) is 77.2 cm³/mol. The van der Waals surface area contributed by atoms with E-state index in [9.17, 15) is 8.78 Å². The highest BCUT2D eigenvalue weighted by molar-refractivity contribution is 9.10. The van der Waals surface area contributed by atoms with Crippen molar-refractivity contribution in [1.29, 1.82) is 0 Å². The van der Waals surface area contributed by atoms with Crippen molar-refractivity contribution in [3.8, 4) is 5.75 Å². The van der Waals surface area contributed by atoms with Crippen LogP contribution in [0.1, 0.15) is 11.5 Å². The molecule has 0 aliphatic carbocycles. The normalized spacial score (nSPS) is 16.6. The number of halogens is 3. The lowest BCUT2D eigenvalue weighted by Crippen LogP contribution is -2.15. The number of hydrogen-bond donors (Lipinski definition) is 1. The molecule has 0 radical (unpaired) electrons. The molecule has 2 aromatic carbocycles. The highest BCUT2D eigenvalue weighted by Gasteiger charge is 2.23. The first-order valence-corrected chi connectivity index (χ1v) is 7.04. The maximum atomic E-state index is 13.7. The van der Waals surface area contributed by atoms with Crippen LogP contribution in [0.2, 0.25) is 0 Å². The molecule has 20 heavy (non-hydrogen) atoms. The van der Waals surface area contributed by atoms with Gasteiger partial charge >= 0.3 is 0 Å². The van der Waals surface area contributed by atoms with Crippen LogP contribution in [0.4, 0.5) is 14.5 Å². The third kappa shape index (κ3) is 2.50. The molecule has 1 heterocycles. The van der Waals surface area contributed by atoms with Gasteiger partial charge in [-0.05, 0) is 28.1 Å². The van der Waals surface area contributed by atoms with Gasteiger partial charge in [0.2, 0.25) is 0 Å². The summed E-state index contributed by atoms with van der Waals surface area (Å²) >= 11 is 3.17. The lowest BCUT2D eigenvalue weighted by atomic mass is 10.0. The van der Waals surface area contributed by atoms with E-state index in [4.69, 9.17) is 4.74 Å². The van der Waals surface area contributed by atoms with Gasteiger partial charge in [0.25, 0.3) is 0 Å². The van der Waals surface area contributed by atoms with Crippen molar-refractivity contribution < 1.29 is 13.5 Å². The van der Waals surface area contributed by atoms with Crippen LogP contribution in [0, 0.1) is 11.6 Å². The van der Waals surface area contributed by atoms with Crippen LogP contribution >= 0.6 is 15.9 Å². The molecule has 104 valence electrons. The van der Waals surface area contributed by atoms with Gasteiger partial charge in [-0.2, -0.15) is 0 Å². The first kappa shape index (κ1) is 13.4. The van der Waals surface area contributed by atoms with Crippen LogP contribution in [-0.2, 0) is 0 Å². The van der Waals surface area contributed by atoms with Gasteiger partial charge in [-0.15, -0.1) is 0 Å². The molecule has 1 atom stereocenters. The van der Waals surface area contributed by atoms with Gasteiger partial charge < -0.3 is 10.1 Å². The van der Waals surface area contributed by atoms with Gasteiger partial charge in [-0.3, -0.25) is 0 Å². The van der Waals surface area contributed by atoms with Gasteiger partial charge in [-0.25, -0.2) is 8.78 Å². The van der Waals surface area contributed by atoms with Crippen molar-refractivity contribution in [3.63, 3.8) is 0 Å². The molecule has 3 rings (SSSR count). The minimum Gasteiger partial charge on any atom is -0.493 e. The number of anilines is 1. The summed E-state index contributed by atoms with van der Waals surface area (Å²) in [5.74, 6) is -0.181. The molecule has 0 bridgehead atoms. The summed E-state index contributed by atoms with van der Waals surface area (Å²) < 4.78 is 32.7. The Morgan fingerprint density at radius 2 is 2.05 bits per heavy atom. The van der Waals surface area contributed by atoms with E-state index in [0.717, 1.165) is 17.4 Å². The second-order valence-electron chi connectivity index (χ2n) is 4.67. The molecule has 0 spiro atoms. The van der Waals surface area contributed by atoms with Gasteiger partial charge in [0.15, 0.2) is 0 Å². The summed E-state index contributed by atoms with van der Waals surface area (Å²) in [5, 5.41) is 3.02. The number of benzene rings is 2. The zero-order valence-electron chi connectivity index (χ0n) is 10.5. The van der Waals surface area contributed by atoms with Crippen molar-refractivity contribution in [2.75, 3.05) is 18.5 Å². The van der Waals surface area contributed by atoms with Crippen LogP contribution in [0.25, 0.3) is 0 Å². The molecular formula is C15H12BrF2NO. The van der Waals surface area contributed by atoms with E-state index in [1.165, 1.54) is 6.07 Å². The van der Waals surface area contributed by atoms with Crippen molar-refractivity contribution in [1.82, 2.24) is 0 Å². The van der Waals surface area contributed by atoms with Crippen molar-refractivity contribution in [2.45, 2.75) is 5.92 Å². The molecule has 1 aliphatic heterocycles.